The average Bonchev–Trinajstić information content (AvgIpc) is 2.86. The number of hydrogen-bond donors (Lipinski definition) is 1. The highest BCUT2D eigenvalue weighted by molar-refractivity contribution is 7.92. The molecule has 2 aromatic rings. The van der Waals surface area contributed by atoms with Gasteiger partial charge in [0, 0.05) is 32.1 Å². The number of amides is 1. The molecule has 4 rings (SSSR count). The number of sulfonamides is 1. The van der Waals surface area contributed by atoms with Gasteiger partial charge in [-0.25, -0.2) is 8.42 Å². The van der Waals surface area contributed by atoms with Crippen LogP contribution in [0.2, 0.25) is 0 Å². The van der Waals surface area contributed by atoms with Crippen molar-refractivity contribution < 1.29 is 22.7 Å². The maximum atomic E-state index is 12.6. The summed E-state index contributed by atoms with van der Waals surface area (Å²) in [6.45, 7) is 4.74. The zero-order valence-electron chi connectivity index (χ0n) is 20.4. The molecule has 2 aliphatic rings. The van der Waals surface area contributed by atoms with E-state index in [9.17, 15) is 13.2 Å². The van der Waals surface area contributed by atoms with Gasteiger partial charge in [-0.1, -0.05) is 30.7 Å². The predicted molar refractivity (Wildman–Crippen MR) is 136 cm³/mol. The van der Waals surface area contributed by atoms with Crippen molar-refractivity contribution in [1.82, 2.24) is 10.2 Å². The molecule has 0 saturated carbocycles. The summed E-state index contributed by atoms with van der Waals surface area (Å²) in [7, 11) is -3.52. The number of anilines is 1. The SMILES string of the molecule is CS(=O)(=O)N(CCCC(=O)NCc1ccccc1CN1CCCCC1)c1ccc2c(c1)OCCO2. The summed E-state index contributed by atoms with van der Waals surface area (Å²) in [5, 5.41) is 3.01. The monoisotopic (exact) mass is 501 g/mol. The maximum Gasteiger partial charge on any atom is 0.232 e. The lowest BCUT2D eigenvalue weighted by molar-refractivity contribution is -0.121. The first-order valence-corrected chi connectivity index (χ1v) is 14.2. The van der Waals surface area contributed by atoms with E-state index in [1.807, 2.05) is 12.1 Å². The van der Waals surface area contributed by atoms with E-state index >= 15 is 0 Å². The Bertz CT molecular complexity index is 1120. The van der Waals surface area contributed by atoms with Crippen molar-refractivity contribution in [2.75, 3.05) is 43.4 Å². The highest BCUT2D eigenvalue weighted by atomic mass is 32.2. The number of benzene rings is 2. The molecule has 0 atom stereocenters. The number of carbonyl (C=O) groups excluding carboxylic acids is 1. The van der Waals surface area contributed by atoms with Gasteiger partial charge in [-0.05, 0) is 55.6 Å². The third kappa shape index (κ3) is 7.11. The lowest BCUT2D eigenvalue weighted by atomic mass is 10.0. The molecule has 1 saturated heterocycles. The van der Waals surface area contributed by atoms with Crippen molar-refractivity contribution in [3.63, 3.8) is 0 Å². The molecule has 0 unspecified atom stereocenters. The number of piperidine rings is 1. The first kappa shape index (κ1) is 25.3. The second-order valence-corrected chi connectivity index (χ2v) is 11.1. The predicted octanol–water partition coefficient (Wildman–Crippen LogP) is 3.31. The quantitative estimate of drug-likeness (QED) is 0.538. The molecule has 0 aromatic heterocycles. The number of rotatable bonds is 10. The van der Waals surface area contributed by atoms with Crippen molar-refractivity contribution in [2.45, 2.75) is 45.2 Å². The van der Waals surface area contributed by atoms with Crippen LogP contribution in [0.1, 0.15) is 43.2 Å². The first-order chi connectivity index (χ1) is 16.9. The Hall–Kier alpha value is -2.78. The van der Waals surface area contributed by atoms with Crippen LogP contribution in [0.15, 0.2) is 42.5 Å². The molecule has 8 nitrogen and oxygen atoms in total. The number of carbonyl (C=O) groups is 1. The molecule has 0 aliphatic carbocycles. The molecule has 0 bridgehead atoms. The minimum absolute atomic E-state index is 0.0894. The van der Waals surface area contributed by atoms with E-state index in [1.54, 1.807) is 18.2 Å². The largest absolute Gasteiger partial charge is 0.486 e. The fourth-order valence-corrected chi connectivity index (χ4v) is 5.54. The second kappa shape index (κ2) is 11.8. The van der Waals surface area contributed by atoms with E-state index in [0.29, 0.717) is 43.4 Å². The van der Waals surface area contributed by atoms with Crippen LogP contribution < -0.4 is 19.1 Å². The molecule has 190 valence electrons. The summed E-state index contributed by atoms with van der Waals surface area (Å²) < 4.78 is 37.3. The fraction of sp³-hybridized carbons (Fsp3) is 0.500. The van der Waals surface area contributed by atoms with Gasteiger partial charge in [0.1, 0.15) is 13.2 Å². The normalized spacial score (nSPS) is 16.0. The smallest absolute Gasteiger partial charge is 0.232 e. The van der Waals surface area contributed by atoms with E-state index in [0.717, 1.165) is 25.2 Å². The van der Waals surface area contributed by atoms with E-state index in [1.165, 1.54) is 35.4 Å². The van der Waals surface area contributed by atoms with E-state index in [4.69, 9.17) is 9.47 Å². The number of nitrogens with zero attached hydrogens (tertiary/aromatic N) is 2. The van der Waals surface area contributed by atoms with Crippen LogP contribution in [0.25, 0.3) is 0 Å². The Kier molecular flexibility index (Phi) is 8.51. The summed E-state index contributed by atoms with van der Waals surface area (Å²) in [6.07, 6.45) is 5.61. The Morgan fingerprint density at radius 2 is 1.71 bits per heavy atom. The summed E-state index contributed by atoms with van der Waals surface area (Å²) in [5.41, 5.74) is 2.88. The standard InChI is InChI=1S/C26H35N3O5S/c1-35(31,32)29(23-11-12-24-25(18-23)34-17-16-33-24)15-7-10-26(30)27-19-21-8-3-4-9-22(21)20-28-13-5-2-6-14-28/h3-4,8-9,11-12,18H,2,5-7,10,13-17,19-20H2,1H3,(H,27,30). The lowest BCUT2D eigenvalue weighted by Crippen LogP contribution is -2.32. The van der Waals surface area contributed by atoms with Gasteiger partial charge in [-0.15, -0.1) is 0 Å². The lowest BCUT2D eigenvalue weighted by Gasteiger charge is -2.27. The summed E-state index contributed by atoms with van der Waals surface area (Å²) in [6, 6.07) is 13.3. The highest BCUT2D eigenvalue weighted by Gasteiger charge is 2.21. The molecule has 0 spiro atoms. The second-order valence-electron chi connectivity index (χ2n) is 9.15. The molecule has 2 heterocycles. The van der Waals surface area contributed by atoms with Crippen molar-refractivity contribution in [3.05, 3.63) is 53.6 Å². The average molecular weight is 502 g/mol. The van der Waals surface area contributed by atoms with E-state index in [2.05, 4.69) is 22.3 Å². The van der Waals surface area contributed by atoms with Crippen molar-refractivity contribution in [2.24, 2.45) is 0 Å². The molecule has 1 fully saturated rings. The molecule has 35 heavy (non-hydrogen) atoms. The zero-order chi connectivity index (χ0) is 24.7. The van der Waals surface area contributed by atoms with Crippen LogP contribution in [0.4, 0.5) is 5.69 Å². The molecular weight excluding hydrogens is 466 g/mol. The van der Waals surface area contributed by atoms with Gasteiger partial charge in [0.15, 0.2) is 11.5 Å². The van der Waals surface area contributed by atoms with Gasteiger partial charge < -0.3 is 14.8 Å². The topological polar surface area (TPSA) is 88.2 Å². The van der Waals surface area contributed by atoms with Gasteiger partial charge in [0.2, 0.25) is 15.9 Å². The Labute approximate surface area is 208 Å². The molecule has 1 N–H and O–H groups in total. The van der Waals surface area contributed by atoms with Crippen LogP contribution in [0.5, 0.6) is 11.5 Å². The summed E-state index contributed by atoms with van der Waals surface area (Å²) in [4.78, 5) is 15.0. The van der Waals surface area contributed by atoms with Crippen LogP contribution in [0.3, 0.4) is 0 Å². The third-order valence-electron chi connectivity index (χ3n) is 6.42. The van der Waals surface area contributed by atoms with Gasteiger partial charge >= 0.3 is 0 Å². The van der Waals surface area contributed by atoms with E-state index in [-0.39, 0.29) is 18.9 Å². The van der Waals surface area contributed by atoms with Crippen LogP contribution in [-0.2, 0) is 27.9 Å². The third-order valence-corrected chi connectivity index (χ3v) is 7.61. The van der Waals surface area contributed by atoms with Crippen molar-refractivity contribution in [1.29, 1.82) is 0 Å². The van der Waals surface area contributed by atoms with Crippen LogP contribution in [0, 0.1) is 0 Å². The summed E-state index contributed by atoms with van der Waals surface area (Å²) in [5.74, 6) is 1.05. The Morgan fingerprint density at radius 1 is 1.00 bits per heavy atom. The first-order valence-electron chi connectivity index (χ1n) is 12.3. The molecule has 0 radical (unpaired) electrons. The van der Waals surface area contributed by atoms with Gasteiger partial charge in [0.05, 0.1) is 11.9 Å². The minimum atomic E-state index is -3.52. The van der Waals surface area contributed by atoms with Gasteiger partial charge in [-0.2, -0.15) is 0 Å². The number of hydrogen-bond acceptors (Lipinski definition) is 6. The van der Waals surface area contributed by atoms with Crippen LogP contribution in [-0.4, -0.2) is 58.3 Å². The van der Waals surface area contributed by atoms with Gasteiger partial charge in [-0.3, -0.25) is 14.0 Å². The van der Waals surface area contributed by atoms with Crippen LogP contribution >= 0.6 is 0 Å². The highest BCUT2D eigenvalue weighted by Crippen LogP contribution is 2.34. The minimum Gasteiger partial charge on any atom is -0.486 e. The van der Waals surface area contributed by atoms with Gasteiger partial charge in [0.25, 0.3) is 0 Å². The zero-order valence-corrected chi connectivity index (χ0v) is 21.2. The molecular formula is C26H35N3O5S. The number of fused-ring (bicyclic) bond motifs is 1. The maximum absolute atomic E-state index is 12.6. The number of nitrogens with one attached hydrogen (secondary N) is 1. The van der Waals surface area contributed by atoms with E-state index < -0.39 is 10.0 Å². The Balaban J connectivity index is 1.30. The number of ether oxygens (including phenoxy) is 2. The molecule has 9 heteroatoms. The van der Waals surface area contributed by atoms with Crippen molar-refractivity contribution >= 4 is 21.6 Å². The molecule has 2 aliphatic heterocycles. The summed E-state index contributed by atoms with van der Waals surface area (Å²) >= 11 is 0. The number of likely N-dealkylation sites (tertiary alicyclic amines) is 1. The molecule has 2 aromatic carbocycles. The Morgan fingerprint density at radius 3 is 2.46 bits per heavy atom. The fourth-order valence-electron chi connectivity index (χ4n) is 4.58. The molecule has 1 amide bonds. The van der Waals surface area contributed by atoms with Crippen molar-refractivity contribution in [3.8, 4) is 11.5 Å².